The standard InChI is InChI=1S/C13H17N5O2S/c1-18-12(15-16-17-18)21-9-8-13(14,11(19)20-2)10-6-4-3-5-7-10/h3-7H,8-9,14H2,1-2H3. The fourth-order valence-corrected chi connectivity index (χ4v) is 2.85. The van der Waals surface area contributed by atoms with Gasteiger partial charge in [-0.1, -0.05) is 42.1 Å². The SMILES string of the molecule is COC(=O)C(N)(CCSc1nnnn1C)c1ccccc1. The van der Waals surface area contributed by atoms with Crippen molar-refractivity contribution in [3.05, 3.63) is 35.9 Å². The molecular formula is C13H17N5O2S. The molecule has 7 nitrogen and oxygen atoms in total. The van der Waals surface area contributed by atoms with Crippen LogP contribution in [0.5, 0.6) is 0 Å². The highest BCUT2D eigenvalue weighted by atomic mass is 32.2. The van der Waals surface area contributed by atoms with Gasteiger partial charge in [-0.25, -0.2) is 9.48 Å². The summed E-state index contributed by atoms with van der Waals surface area (Å²) in [6.07, 6.45) is 0.418. The van der Waals surface area contributed by atoms with Gasteiger partial charge in [-0.15, -0.1) is 5.10 Å². The zero-order chi connectivity index (χ0) is 15.3. The van der Waals surface area contributed by atoms with Crippen molar-refractivity contribution in [3.8, 4) is 0 Å². The Kier molecular flexibility index (Phi) is 4.92. The second kappa shape index (κ2) is 6.68. The number of rotatable bonds is 6. The fraction of sp³-hybridized carbons (Fsp3) is 0.385. The number of aromatic nitrogens is 4. The topological polar surface area (TPSA) is 95.9 Å². The number of esters is 1. The van der Waals surface area contributed by atoms with Crippen LogP contribution in [0.2, 0.25) is 0 Å². The summed E-state index contributed by atoms with van der Waals surface area (Å²) in [5.74, 6) is 0.139. The quantitative estimate of drug-likeness (QED) is 0.620. The summed E-state index contributed by atoms with van der Waals surface area (Å²) in [6.45, 7) is 0. The summed E-state index contributed by atoms with van der Waals surface area (Å²) in [7, 11) is 3.10. The summed E-state index contributed by atoms with van der Waals surface area (Å²) in [5, 5.41) is 11.9. The molecule has 2 rings (SSSR count). The van der Waals surface area contributed by atoms with Crippen LogP contribution in [0.4, 0.5) is 0 Å². The minimum absolute atomic E-state index is 0.418. The number of nitrogens with zero attached hydrogens (tertiary/aromatic N) is 4. The zero-order valence-electron chi connectivity index (χ0n) is 11.9. The third kappa shape index (κ3) is 3.40. The average molecular weight is 307 g/mol. The van der Waals surface area contributed by atoms with Gasteiger partial charge in [0.05, 0.1) is 7.11 Å². The first-order chi connectivity index (χ1) is 10.1. The van der Waals surface area contributed by atoms with E-state index in [-0.39, 0.29) is 0 Å². The second-order valence-corrected chi connectivity index (χ2v) is 5.57. The second-order valence-electron chi connectivity index (χ2n) is 4.51. The van der Waals surface area contributed by atoms with Crippen LogP contribution in [-0.2, 0) is 22.1 Å². The molecule has 0 aliphatic carbocycles. The Morgan fingerprint density at radius 1 is 1.43 bits per heavy atom. The first-order valence-electron chi connectivity index (χ1n) is 6.36. The number of hydrogen-bond acceptors (Lipinski definition) is 7. The maximum atomic E-state index is 12.1. The maximum absolute atomic E-state index is 12.1. The van der Waals surface area contributed by atoms with Gasteiger partial charge < -0.3 is 10.5 Å². The number of benzene rings is 1. The van der Waals surface area contributed by atoms with E-state index in [2.05, 4.69) is 15.5 Å². The van der Waals surface area contributed by atoms with E-state index >= 15 is 0 Å². The lowest BCUT2D eigenvalue weighted by atomic mass is 9.88. The predicted molar refractivity (Wildman–Crippen MR) is 78.5 cm³/mol. The highest BCUT2D eigenvalue weighted by molar-refractivity contribution is 7.99. The normalized spacial score (nSPS) is 13.7. The molecule has 21 heavy (non-hydrogen) atoms. The van der Waals surface area contributed by atoms with Crippen LogP contribution < -0.4 is 5.73 Å². The van der Waals surface area contributed by atoms with Gasteiger partial charge in [-0.2, -0.15) is 0 Å². The van der Waals surface area contributed by atoms with Crippen molar-refractivity contribution in [1.82, 2.24) is 20.2 Å². The van der Waals surface area contributed by atoms with Crippen molar-refractivity contribution in [2.24, 2.45) is 12.8 Å². The molecule has 1 aromatic heterocycles. The van der Waals surface area contributed by atoms with E-state index in [0.717, 1.165) is 5.56 Å². The van der Waals surface area contributed by atoms with Crippen LogP contribution in [0.15, 0.2) is 35.5 Å². The molecular weight excluding hydrogens is 290 g/mol. The number of aryl methyl sites for hydroxylation is 1. The van der Waals surface area contributed by atoms with E-state index in [1.54, 1.807) is 11.7 Å². The highest BCUT2D eigenvalue weighted by Crippen LogP contribution is 2.27. The lowest BCUT2D eigenvalue weighted by Gasteiger charge is -2.26. The number of carbonyl (C=O) groups is 1. The van der Waals surface area contributed by atoms with Gasteiger partial charge in [0.25, 0.3) is 0 Å². The molecule has 0 saturated carbocycles. The number of carbonyl (C=O) groups excluding carboxylic acids is 1. The summed E-state index contributed by atoms with van der Waals surface area (Å²) >= 11 is 1.44. The van der Waals surface area contributed by atoms with Crippen LogP contribution in [0, 0.1) is 0 Å². The minimum Gasteiger partial charge on any atom is -0.467 e. The number of ether oxygens (including phenoxy) is 1. The summed E-state index contributed by atoms with van der Waals surface area (Å²) in [5.41, 5.74) is 5.86. The molecule has 1 unspecified atom stereocenters. The van der Waals surface area contributed by atoms with E-state index in [9.17, 15) is 4.79 Å². The smallest absolute Gasteiger partial charge is 0.330 e. The Balaban J connectivity index is 2.10. The molecule has 0 radical (unpaired) electrons. The third-order valence-electron chi connectivity index (χ3n) is 3.15. The molecule has 8 heteroatoms. The number of tetrazole rings is 1. The van der Waals surface area contributed by atoms with Crippen molar-refractivity contribution in [2.75, 3.05) is 12.9 Å². The monoisotopic (exact) mass is 307 g/mol. The number of nitrogens with two attached hydrogens (primary N) is 1. The van der Waals surface area contributed by atoms with Gasteiger partial charge in [0.2, 0.25) is 5.16 Å². The Bertz CT molecular complexity index is 604. The number of hydrogen-bond donors (Lipinski definition) is 1. The molecule has 0 amide bonds. The Morgan fingerprint density at radius 2 is 2.14 bits per heavy atom. The molecule has 112 valence electrons. The maximum Gasteiger partial charge on any atom is 0.330 e. The van der Waals surface area contributed by atoms with Gasteiger partial charge >= 0.3 is 5.97 Å². The van der Waals surface area contributed by atoms with Crippen LogP contribution in [0.3, 0.4) is 0 Å². The molecule has 1 aromatic carbocycles. The Morgan fingerprint density at radius 3 is 2.71 bits per heavy atom. The minimum atomic E-state index is -1.17. The van der Waals surface area contributed by atoms with E-state index in [1.807, 2.05) is 30.3 Å². The van der Waals surface area contributed by atoms with Gasteiger partial charge in [-0.3, -0.25) is 0 Å². The van der Waals surface area contributed by atoms with Crippen LogP contribution in [-0.4, -0.2) is 39.0 Å². The van der Waals surface area contributed by atoms with Crippen molar-refractivity contribution < 1.29 is 9.53 Å². The fourth-order valence-electron chi connectivity index (χ4n) is 1.93. The summed E-state index contributed by atoms with van der Waals surface area (Å²) in [6, 6.07) is 9.22. The molecule has 0 fully saturated rings. The first-order valence-corrected chi connectivity index (χ1v) is 7.34. The van der Waals surface area contributed by atoms with Crippen LogP contribution in [0.1, 0.15) is 12.0 Å². The Labute approximate surface area is 126 Å². The van der Waals surface area contributed by atoms with Gasteiger partial charge in [0.1, 0.15) is 5.54 Å². The highest BCUT2D eigenvalue weighted by Gasteiger charge is 2.36. The van der Waals surface area contributed by atoms with Crippen LogP contribution in [0.25, 0.3) is 0 Å². The molecule has 2 aromatic rings. The molecule has 0 aliphatic rings. The molecule has 1 atom stereocenters. The molecule has 2 N–H and O–H groups in total. The summed E-state index contributed by atoms with van der Waals surface area (Å²) < 4.78 is 6.44. The molecule has 0 saturated heterocycles. The Hall–Kier alpha value is -1.93. The lowest BCUT2D eigenvalue weighted by molar-refractivity contribution is -0.147. The lowest BCUT2D eigenvalue weighted by Crippen LogP contribution is -2.46. The van der Waals surface area contributed by atoms with E-state index in [0.29, 0.717) is 17.3 Å². The predicted octanol–water partition coefficient (Wildman–Crippen LogP) is 0.720. The number of thioether (sulfide) groups is 1. The van der Waals surface area contributed by atoms with Gasteiger partial charge in [0, 0.05) is 12.8 Å². The van der Waals surface area contributed by atoms with Crippen LogP contribution >= 0.6 is 11.8 Å². The third-order valence-corrected chi connectivity index (χ3v) is 4.16. The van der Waals surface area contributed by atoms with Crippen molar-refractivity contribution in [1.29, 1.82) is 0 Å². The van der Waals surface area contributed by atoms with Crippen molar-refractivity contribution in [2.45, 2.75) is 17.1 Å². The average Bonchev–Trinajstić information content (AvgIpc) is 2.92. The van der Waals surface area contributed by atoms with Gasteiger partial charge in [0.15, 0.2) is 0 Å². The van der Waals surface area contributed by atoms with E-state index in [4.69, 9.17) is 10.5 Å². The van der Waals surface area contributed by atoms with Crippen molar-refractivity contribution >= 4 is 17.7 Å². The first kappa shape index (κ1) is 15.5. The van der Waals surface area contributed by atoms with E-state index in [1.165, 1.54) is 18.9 Å². The number of methoxy groups -OCH3 is 1. The molecule has 0 aliphatic heterocycles. The largest absolute Gasteiger partial charge is 0.467 e. The van der Waals surface area contributed by atoms with E-state index < -0.39 is 11.5 Å². The van der Waals surface area contributed by atoms with Crippen molar-refractivity contribution in [3.63, 3.8) is 0 Å². The van der Waals surface area contributed by atoms with Gasteiger partial charge in [-0.05, 0) is 22.4 Å². The zero-order valence-corrected chi connectivity index (χ0v) is 12.7. The molecule has 1 heterocycles. The molecule has 0 bridgehead atoms. The molecule has 0 spiro atoms. The summed E-state index contributed by atoms with van der Waals surface area (Å²) in [4.78, 5) is 12.1.